The van der Waals surface area contributed by atoms with Gasteiger partial charge >= 0.3 is 0 Å². The average molecular weight is 330 g/mol. The van der Waals surface area contributed by atoms with Crippen molar-refractivity contribution in [2.45, 2.75) is 25.9 Å². The second kappa shape index (κ2) is 8.03. The van der Waals surface area contributed by atoms with Gasteiger partial charge in [0.1, 0.15) is 0 Å². The standard InChI is InChI=1S/C17H22N4O3/c1-2-14(21-8-10-23-11-9-21)16(22)18-12-15-19-17(24-20-15)13-6-4-3-5-7-13/h3-7,14H,2,8-12H2,1H3,(H,18,22)/t14-/m1/s1. The van der Waals surface area contributed by atoms with Gasteiger partial charge in [-0.2, -0.15) is 4.98 Å². The third-order valence-corrected chi connectivity index (χ3v) is 4.09. The average Bonchev–Trinajstić information content (AvgIpc) is 3.11. The summed E-state index contributed by atoms with van der Waals surface area (Å²) in [6, 6.07) is 9.42. The first-order chi connectivity index (χ1) is 11.8. The molecule has 1 saturated heterocycles. The van der Waals surface area contributed by atoms with Crippen LogP contribution in [0.4, 0.5) is 0 Å². The Bertz CT molecular complexity index is 653. The molecule has 7 heteroatoms. The highest BCUT2D eigenvalue weighted by atomic mass is 16.5. The number of ether oxygens (including phenoxy) is 1. The predicted octanol–water partition coefficient (Wildman–Crippen LogP) is 1.46. The maximum absolute atomic E-state index is 12.4. The zero-order valence-electron chi connectivity index (χ0n) is 13.8. The molecule has 24 heavy (non-hydrogen) atoms. The first-order valence-electron chi connectivity index (χ1n) is 8.25. The largest absolute Gasteiger partial charge is 0.379 e. The maximum atomic E-state index is 12.4. The monoisotopic (exact) mass is 330 g/mol. The van der Waals surface area contributed by atoms with E-state index in [1.54, 1.807) is 0 Å². The lowest BCUT2D eigenvalue weighted by molar-refractivity contribution is -0.128. The van der Waals surface area contributed by atoms with Crippen molar-refractivity contribution in [3.63, 3.8) is 0 Å². The number of carbonyl (C=O) groups excluding carboxylic acids is 1. The SMILES string of the molecule is CC[C@H](C(=O)NCc1noc(-c2ccccc2)n1)N1CCOCC1. The lowest BCUT2D eigenvalue weighted by atomic mass is 10.1. The molecule has 1 aliphatic rings. The van der Waals surface area contributed by atoms with Crippen LogP contribution in [0.5, 0.6) is 0 Å². The van der Waals surface area contributed by atoms with Crippen LogP contribution in [0.3, 0.4) is 0 Å². The third-order valence-electron chi connectivity index (χ3n) is 4.09. The third kappa shape index (κ3) is 3.98. The Morgan fingerprint density at radius 1 is 1.29 bits per heavy atom. The maximum Gasteiger partial charge on any atom is 0.257 e. The first-order valence-corrected chi connectivity index (χ1v) is 8.25. The number of nitrogens with one attached hydrogen (secondary N) is 1. The Balaban J connectivity index is 1.56. The number of hydrogen-bond acceptors (Lipinski definition) is 6. The van der Waals surface area contributed by atoms with Gasteiger partial charge in [-0.25, -0.2) is 0 Å². The Labute approximate surface area is 141 Å². The van der Waals surface area contributed by atoms with Gasteiger partial charge in [0.05, 0.1) is 25.8 Å². The summed E-state index contributed by atoms with van der Waals surface area (Å²) < 4.78 is 10.6. The number of benzene rings is 1. The quantitative estimate of drug-likeness (QED) is 0.864. The molecule has 0 radical (unpaired) electrons. The number of carbonyl (C=O) groups is 1. The van der Waals surface area contributed by atoms with E-state index in [1.807, 2.05) is 37.3 Å². The summed E-state index contributed by atoms with van der Waals surface area (Å²) in [5, 5.41) is 6.83. The molecule has 2 heterocycles. The Morgan fingerprint density at radius 2 is 2.04 bits per heavy atom. The summed E-state index contributed by atoms with van der Waals surface area (Å²) >= 11 is 0. The number of nitrogens with zero attached hydrogens (tertiary/aromatic N) is 3. The van der Waals surface area contributed by atoms with Gasteiger partial charge in [-0.15, -0.1) is 0 Å². The molecule has 128 valence electrons. The summed E-state index contributed by atoms with van der Waals surface area (Å²) in [5.74, 6) is 0.921. The van der Waals surface area contributed by atoms with Crippen LogP contribution < -0.4 is 5.32 Å². The van der Waals surface area contributed by atoms with Crippen LogP contribution in [0.25, 0.3) is 11.5 Å². The van der Waals surface area contributed by atoms with E-state index in [2.05, 4.69) is 20.4 Å². The van der Waals surface area contributed by atoms with Crippen LogP contribution in [-0.4, -0.2) is 53.3 Å². The summed E-state index contributed by atoms with van der Waals surface area (Å²) in [4.78, 5) is 18.9. The van der Waals surface area contributed by atoms with E-state index in [4.69, 9.17) is 9.26 Å². The van der Waals surface area contributed by atoms with Gasteiger partial charge in [0.15, 0.2) is 5.82 Å². The molecule has 7 nitrogen and oxygen atoms in total. The topological polar surface area (TPSA) is 80.5 Å². The van der Waals surface area contributed by atoms with Crippen LogP contribution in [0.1, 0.15) is 19.2 Å². The molecular formula is C17H22N4O3. The van der Waals surface area contributed by atoms with Crippen LogP contribution >= 0.6 is 0 Å². The summed E-state index contributed by atoms with van der Waals surface area (Å²) in [7, 11) is 0. The van der Waals surface area contributed by atoms with E-state index in [9.17, 15) is 4.79 Å². The number of rotatable bonds is 6. The van der Waals surface area contributed by atoms with Gasteiger partial charge in [-0.3, -0.25) is 9.69 Å². The number of morpholine rings is 1. The molecular weight excluding hydrogens is 308 g/mol. The highest BCUT2D eigenvalue weighted by molar-refractivity contribution is 5.81. The van der Waals surface area contributed by atoms with Crippen molar-refractivity contribution in [3.8, 4) is 11.5 Å². The van der Waals surface area contributed by atoms with E-state index in [0.29, 0.717) is 24.9 Å². The van der Waals surface area contributed by atoms with Gasteiger partial charge in [0.2, 0.25) is 5.91 Å². The van der Waals surface area contributed by atoms with Crippen molar-refractivity contribution in [1.29, 1.82) is 0 Å². The summed E-state index contributed by atoms with van der Waals surface area (Å²) in [6.45, 7) is 5.19. The fourth-order valence-electron chi connectivity index (χ4n) is 2.81. The highest BCUT2D eigenvalue weighted by Crippen LogP contribution is 2.16. The van der Waals surface area contributed by atoms with Crippen LogP contribution in [-0.2, 0) is 16.1 Å². The molecule has 1 aromatic carbocycles. The molecule has 0 saturated carbocycles. The molecule has 0 aliphatic carbocycles. The Kier molecular flexibility index (Phi) is 5.55. The highest BCUT2D eigenvalue weighted by Gasteiger charge is 2.25. The van der Waals surface area contributed by atoms with E-state index < -0.39 is 0 Å². The van der Waals surface area contributed by atoms with Gasteiger partial charge in [-0.05, 0) is 18.6 Å². The zero-order chi connectivity index (χ0) is 16.8. The van der Waals surface area contributed by atoms with Crippen LogP contribution in [0.15, 0.2) is 34.9 Å². The molecule has 1 amide bonds. The zero-order valence-corrected chi connectivity index (χ0v) is 13.8. The molecule has 0 bridgehead atoms. The van der Waals surface area contributed by atoms with Gasteiger partial charge in [0.25, 0.3) is 5.89 Å². The normalized spacial score (nSPS) is 16.7. The molecule has 1 atom stereocenters. The van der Waals surface area contributed by atoms with Crippen molar-refractivity contribution >= 4 is 5.91 Å². The minimum atomic E-state index is -0.144. The molecule has 3 rings (SSSR count). The predicted molar refractivity (Wildman–Crippen MR) is 88.1 cm³/mol. The minimum Gasteiger partial charge on any atom is -0.379 e. The fraction of sp³-hybridized carbons (Fsp3) is 0.471. The van der Waals surface area contributed by atoms with Crippen molar-refractivity contribution in [1.82, 2.24) is 20.4 Å². The van der Waals surface area contributed by atoms with Gasteiger partial charge < -0.3 is 14.6 Å². The fourth-order valence-corrected chi connectivity index (χ4v) is 2.81. The molecule has 1 aromatic heterocycles. The smallest absolute Gasteiger partial charge is 0.257 e. The minimum absolute atomic E-state index is 0.00883. The number of aromatic nitrogens is 2. The number of hydrogen-bond donors (Lipinski definition) is 1. The lowest BCUT2D eigenvalue weighted by Crippen LogP contribution is -2.50. The van der Waals surface area contributed by atoms with Crippen LogP contribution in [0, 0.1) is 0 Å². The molecule has 1 N–H and O–H groups in total. The van der Waals surface area contributed by atoms with Crippen molar-refractivity contribution in [3.05, 3.63) is 36.2 Å². The van der Waals surface area contributed by atoms with Crippen molar-refractivity contribution in [2.24, 2.45) is 0 Å². The second-order valence-electron chi connectivity index (χ2n) is 5.67. The van der Waals surface area contributed by atoms with E-state index in [0.717, 1.165) is 25.1 Å². The Morgan fingerprint density at radius 3 is 2.75 bits per heavy atom. The first kappa shape index (κ1) is 16.6. The van der Waals surface area contributed by atoms with Crippen molar-refractivity contribution in [2.75, 3.05) is 26.3 Å². The van der Waals surface area contributed by atoms with E-state index in [-0.39, 0.29) is 18.5 Å². The molecule has 2 aromatic rings. The van der Waals surface area contributed by atoms with Gasteiger partial charge in [-0.1, -0.05) is 30.3 Å². The van der Waals surface area contributed by atoms with Gasteiger partial charge in [0, 0.05) is 18.7 Å². The van der Waals surface area contributed by atoms with E-state index >= 15 is 0 Å². The molecule has 1 fully saturated rings. The summed E-state index contributed by atoms with van der Waals surface area (Å²) in [5.41, 5.74) is 0.863. The summed E-state index contributed by atoms with van der Waals surface area (Å²) in [6.07, 6.45) is 0.757. The lowest BCUT2D eigenvalue weighted by Gasteiger charge is -2.32. The van der Waals surface area contributed by atoms with Crippen LogP contribution in [0.2, 0.25) is 0 Å². The van der Waals surface area contributed by atoms with E-state index in [1.165, 1.54) is 0 Å². The number of amides is 1. The second-order valence-corrected chi connectivity index (χ2v) is 5.67. The molecule has 0 spiro atoms. The Hall–Kier alpha value is -2.25. The van der Waals surface area contributed by atoms with Crippen molar-refractivity contribution < 1.29 is 14.1 Å². The molecule has 1 aliphatic heterocycles. The molecule has 0 unspecified atom stereocenters.